The normalized spacial score (nSPS) is 15.8. The van der Waals surface area contributed by atoms with E-state index in [-0.39, 0.29) is 0 Å². The van der Waals surface area contributed by atoms with Gasteiger partial charge in [-0.15, -0.1) is 0 Å². The van der Waals surface area contributed by atoms with Crippen molar-refractivity contribution in [2.45, 2.75) is 45.8 Å². The van der Waals surface area contributed by atoms with Crippen molar-refractivity contribution in [3.05, 3.63) is 59.5 Å². The lowest BCUT2D eigenvalue weighted by Crippen LogP contribution is -2.36. The van der Waals surface area contributed by atoms with Gasteiger partial charge in [0.15, 0.2) is 5.96 Å². The molecule has 5 nitrogen and oxygen atoms in total. The van der Waals surface area contributed by atoms with Gasteiger partial charge in [0, 0.05) is 13.1 Å². The molecule has 2 N–H and O–H groups in total. The minimum Gasteiger partial charge on any atom is -0.467 e. The number of hydrogen-bond acceptors (Lipinski definition) is 3. The maximum atomic E-state index is 5.35. The number of nitrogens with one attached hydrogen (secondary N) is 2. The summed E-state index contributed by atoms with van der Waals surface area (Å²) in [5, 5.41) is 6.57. The third-order valence-electron chi connectivity index (χ3n) is 4.65. The lowest BCUT2D eigenvalue weighted by atomic mass is 10.1. The number of likely N-dealkylation sites (tertiary alicyclic amines) is 1. The maximum absolute atomic E-state index is 5.35. The predicted octanol–water partition coefficient (Wildman–Crippen LogP) is 3.52. The Bertz CT molecular complexity index is 658. The Hall–Kier alpha value is -2.27. The van der Waals surface area contributed by atoms with E-state index in [1.54, 1.807) is 6.26 Å². The van der Waals surface area contributed by atoms with Crippen molar-refractivity contribution < 1.29 is 4.42 Å². The second kappa shape index (κ2) is 10.0. The van der Waals surface area contributed by atoms with E-state index in [2.05, 4.69) is 51.7 Å². The molecule has 0 spiro atoms. The van der Waals surface area contributed by atoms with Crippen LogP contribution in [0.2, 0.25) is 0 Å². The third-order valence-corrected chi connectivity index (χ3v) is 4.65. The van der Waals surface area contributed by atoms with E-state index in [1.165, 1.54) is 43.5 Å². The van der Waals surface area contributed by atoms with Gasteiger partial charge in [-0.25, -0.2) is 4.99 Å². The molecule has 0 saturated carbocycles. The number of benzene rings is 1. The van der Waals surface area contributed by atoms with Crippen molar-refractivity contribution in [1.82, 2.24) is 15.5 Å². The molecule has 1 aromatic heterocycles. The average Bonchev–Trinajstić information content (AvgIpc) is 3.20. The molecule has 0 unspecified atom stereocenters. The molecule has 2 aromatic rings. The van der Waals surface area contributed by atoms with Crippen LogP contribution >= 0.6 is 0 Å². The number of furan rings is 1. The van der Waals surface area contributed by atoms with Crippen molar-refractivity contribution in [2.24, 2.45) is 4.99 Å². The molecule has 1 saturated heterocycles. The molecule has 1 aromatic carbocycles. The lowest BCUT2D eigenvalue weighted by molar-refractivity contribution is 0.221. The van der Waals surface area contributed by atoms with E-state index in [0.717, 1.165) is 24.8 Å². The summed E-state index contributed by atoms with van der Waals surface area (Å²) in [6, 6.07) is 12.7. The molecular weight excluding hydrogens is 324 g/mol. The largest absolute Gasteiger partial charge is 0.467 e. The molecule has 0 aliphatic carbocycles. The number of nitrogens with zero attached hydrogens (tertiary/aromatic N) is 2. The number of piperidine rings is 1. The molecule has 0 atom stereocenters. The van der Waals surface area contributed by atoms with Crippen molar-refractivity contribution >= 4 is 5.96 Å². The number of guanidine groups is 1. The second-order valence-corrected chi connectivity index (χ2v) is 6.78. The highest BCUT2D eigenvalue weighted by Crippen LogP contribution is 2.14. The number of rotatable bonds is 7. The first kappa shape index (κ1) is 18.5. The molecule has 0 bridgehead atoms. The molecule has 140 valence electrons. The van der Waals surface area contributed by atoms with Gasteiger partial charge >= 0.3 is 0 Å². The fourth-order valence-electron chi connectivity index (χ4n) is 3.22. The third kappa shape index (κ3) is 5.92. The first-order valence-electron chi connectivity index (χ1n) is 9.68. The second-order valence-electron chi connectivity index (χ2n) is 6.78. The van der Waals surface area contributed by atoms with Crippen LogP contribution in [-0.4, -0.2) is 30.5 Å². The van der Waals surface area contributed by atoms with Gasteiger partial charge in [-0.2, -0.15) is 0 Å². The Labute approximate surface area is 156 Å². The molecule has 2 heterocycles. The predicted molar refractivity (Wildman–Crippen MR) is 106 cm³/mol. The van der Waals surface area contributed by atoms with E-state index >= 15 is 0 Å². The minimum absolute atomic E-state index is 0.633. The summed E-state index contributed by atoms with van der Waals surface area (Å²) < 4.78 is 5.35. The molecule has 0 amide bonds. The van der Waals surface area contributed by atoms with Gasteiger partial charge in [0.1, 0.15) is 5.76 Å². The molecule has 1 aliphatic heterocycles. The zero-order chi connectivity index (χ0) is 18.0. The van der Waals surface area contributed by atoms with Crippen LogP contribution in [0.25, 0.3) is 0 Å². The average molecular weight is 354 g/mol. The van der Waals surface area contributed by atoms with Crippen LogP contribution < -0.4 is 10.6 Å². The molecule has 1 fully saturated rings. The first-order valence-corrected chi connectivity index (χ1v) is 9.68. The van der Waals surface area contributed by atoms with E-state index in [9.17, 15) is 0 Å². The highest BCUT2D eigenvalue weighted by molar-refractivity contribution is 5.79. The van der Waals surface area contributed by atoms with Crippen molar-refractivity contribution in [2.75, 3.05) is 19.6 Å². The topological polar surface area (TPSA) is 52.8 Å². The quantitative estimate of drug-likeness (QED) is 0.590. The lowest BCUT2D eigenvalue weighted by Gasteiger charge is -2.26. The summed E-state index contributed by atoms with van der Waals surface area (Å²) in [7, 11) is 0. The summed E-state index contributed by atoms with van der Waals surface area (Å²) in [6.45, 7) is 7.74. The molecule has 5 heteroatoms. The Balaban J connectivity index is 1.51. The van der Waals surface area contributed by atoms with Crippen LogP contribution in [0.4, 0.5) is 0 Å². The van der Waals surface area contributed by atoms with E-state index in [1.807, 2.05) is 12.1 Å². The summed E-state index contributed by atoms with van der Waals surface area (Å²) in [5.74, 6) is 1.71. The van der Waals surface area contributed by atoms with Crippen LogP contribution in [0.5, 0.6) is 0 Å². The zero-order valence-corrected chi connectivity index (χ0v) is 15.7. The summed E-state index contributed by atoms with van der Waals surface area (Å²) in [6.07, 6.45) is 5.75. The van der Waals surface area contributed by atoms with E-state index in [0.29, 0.717) is 13.1 Å². The standard InChI is InChI=1S/C21H30N4O/c1-2-22-21(24-16-20-7-6-14-26-20)23-15-18-8-10-19(11-9-18)17-25-12-4-3-5-13-25/h6-11,14H,2-5,12-13,15-17H2,1H3,(H2,22,23,24). The van der Waals surface area contributed by atoms with E-state index < -0.39 is 0 Å². The van der Waals surface area contributed by atoms with Gasteiger partial charge < -0.3 is 15.1 Å². The number of hydrogen-bond donors (Lipinski definition) is 2. The Kier molecular flexibility index (Phi) is 7.14. The van der Waals surface area contributed by atoms with Crippen LogP contribution in [0.3, 0.4) is 0 Å². The van der Waals surface area contributed by atoms with Crippen LogP contribution in [0.15, 0.2) is 52.1 Å². The monoisotopic (exact) mass is 354 g/mol. The minimum atomic E-state index is 0.633. The molecule has 0 radical (unpaired) electrons. The first-order chi connectivity index (χ1) is 12.8. The van der Waals surface area contributed by atoms with Gasteiger partial charge in [0.05, 0.1) is 19.4 Å². The molecule has 3 rings (SSSR count). The summed E-state index contributed by atoms with van der Waals surface area (Å²) in [4.78, 5) is 7.22. The highest BCUT2D eigenvalue weighted by atomic mass is 16.3. The van der Waals surface area contributed by atoms with Crippen molar-refractivity contribution in [3.8, 4) is 0 Å². The molecule has 1 aliphatic rings. The Morgan fingerprint density at radius 2 is 1.81 bits per heavy atom. The van der Waals surface area contributed by atoms with Gasteiger partial charge in [0.25, 0.3) is 0 Å². The van der Waals surface area contributed by atoms with Crippen molar-refractivity contribution in [1.29, 1.82) is 0 Å². The van der Waals surface area contributed by atoms with Crippen LogP contribution in [0.1, 0.15) is 43.1 Å². The SMILES string of the molecule is CCNC(=NCc1ccc(CN2CCCCC2)cc1)NCc1ccco1. The zero-order valence-electron chi connectivity index (χ0n) is 15.7. The fourth-order valence-corrected chi connectivity index (χ4v) is 3.22. The van der Waals surface area contributed by atoms with Gasteiger partial charge in [0.2, 0.25) is 0 Å². The van der Waals surface area contributed by atoms with Crippen molar-refractivity contribution in [3.63, 3.8) is 0 Å². The van der Waals surface area contributed by atoms with Gasteiger partial charge in [-0.05, 0) is 56.1 Å². The van der Waals surface area contributed by atoms with Crippen LogP contribution in [0, 0.1) is 0 Å². The summed E-state index contributed by atoms with van der Waals surface area (Å²) in [5.41, 5.74) is 2.62. The number of aliphatic imine (C=N–C) groups is 1. The smallest absolute Gasteiger partial charge is 0.191 e. The molecular formula is C21H30N4O. The Morgan fingerprint density at radius 1 is 1.04 bits per heavy atom. The fraction of sp³-hybridized carbons (Fsp3) is 0.476. The maximum Gasteiger partial charge on any atom is 0.191 e. The van der Waals surface area contributed by atoms with E-state index in [4.69, 9.17) is 4.42 Å². The van der Waals surface area contributed by atoms with Crippen LogP contribution in [-0.2, 0) is 19.6 Å². The highest BCUT2D eigenvalue weighted by Gasteiger charge is 2.10. The molecule has 26 heavy (non-hydrogen) atoms. The van der Waals surface area contributed by atoms with Gasteiger partial charge in [-0.1, -0.05) is 30.7 Å². The van der Waals surface area contributed by atoms with Gasteiger partial charge in [-0.3, -0.25) is 4.90 Å². The Morgan fingerprint density at radius 3 is 2.50 bits per heavy atom. The summed E-state index contributed by atoms with van der Waals surface area (Å²) >= 11 is 0.